The van der Waals surface area contributed by atoms with Gasteiger partial charge in [-0.25, -0.2) is 9.78 Å². The third-order valence-corrected chi connectivity index (χ3v) is 5.23. The first-order valence-electron chi connectivity index (χ1n) is 9.04. The first-order chi connectivity index (χ1) is 13.1. The summed E-state index contributed by atoms with van der Waals surface area (Å²) in [5, 5.41) is 12.8. The molecular formula is C18H24N6O2S. The second-order valence-corrected chi connectivity index (χ2v) is 7.68. The number of piperidine rings is 1. The maximum Gasteiger partial charge on any atom is 0.319 e. The zero-order chi connectivity index (χ0) is 19.1. The molecule has 1 aliphatic rings. The van der Waals surface area contributed by atoms with Crippen molar-refractivity contribution < 1.29 is 9.59 Å². The maximum atomic E-state index is 12.6. The fraction of sp³-hybridized carbons (Fsp3) is 0.444. The number of rotatable bonds is 6. The van der Waals surface area contributed by atoms with Crippen molar-refractivity contribution in [2.45, 2.75) is 24.9 Å². The van der Waals surface area contributed by atoms with E-state index in [1.165, 1.54) is 24.5 Å². The van der Waals surface area contributed by atoms with E-state index in [9.17, 15) is 9.59 Å². The highest BCUT2D eigenvalue weighted by Crippen LogP contribution is 2.19. The summed E-state index contributed by atoms with van der Waals surface area (Å²) >= 11 is 1.48. The van der Waals surface area contributed by atoms with Gasteiger partial charge in [-0.05, 0) is 43.0 Å². The van der Waals surface area contributed by atoms with Gasteiger partial charge in [-0.3, -0.25) is 9.89 Å². The van der Waals surface area contributed by atoms with Gasteiger partial charge >= 0.3 is 6.03 Å². The second kappa shape index (κ2) is 9.40. The molecule has 0 bridgehead atoms. The Morgan fingerprint density at radius 3 is 2.85 bits per heavy atom. The second-order valence-electron chi connectivity index (χ2n) is 6.60. The first kappa shape index (κ1) is 19.2. The van der Waals surface area contributed by atoms with Crippen LogP contribution in [0.15, 0.2) is 35.7 Å². The molecule has 1 aromatic carbocycles. The predicted molar refractivity (Wildman–Crippen MR) is 105 cm³/mol. The number of nitrogens with zero attached hydrogens (tertiary/aromatic N) is 3. The van der Waals surface area contributed by atoms with Crippen LogP contribution in [0.25, 0.3) is 0 Å². The summed E-state index contributed by atoms with van der Waals surface area (Å²) in [6.45, 7) is 4.31. The van der Waals surface area contributed by atoms with Gasteiger partial charge in [0.1, 0.15) is 6.33 Å². The molecule has 1 atom stereocenters. The van der Waals surface area contributed by atoms with E-state index in [1.54, 1.807) is 24.3 Å². The Labute approximate surface area is 162 Å². The number of benzene rings is 1. The average molecular weight is 388 g/mol. The fourth-order valence-electron chi connectivity index (χ4n) is 3.00. The van der Waals surface area contributed by atoms with E-state index in [0.29, 0.717) is 29.5 Å². The van der Waals surface area contributed by atoms with Crippen LogP contribution in [0.5, 0.6) is 0 Å². The molecule has 27 heavy (non-hydrogen) atoms. The van der Waals surface area contributed by atoms with Gasteiger partial charge in [-0.1, -0.05) is 18.7 Å². The Morgan fingerprint density at radius 1 is 1.33 bits per heavy atom. The van der Waals surface area contributed by atoms with Crippen LogP contribution in [0.4, 0.5) is 10.5 Å². The molecule has 0 saturated carbocycles. The zero-order valence-electron chi connectivity index (χ0n) is 15.3. The molecule has 3 amide bonds. The lowest BCUT2D eigenvalue weighted by Crippen LogP contribution is -2.39. The molecule has 1 aromatic heterocycles. The lowest BCUT2D eigenvalue weighted by molar-refractivity contribution is 0.0683. The minimum atomic E-state index is -0.280. The number of amides is 3. The standard InChI is InChI=1S/C18H24N6O2S/c1-13-3-2-9-24(11-13)16(25)14-4-6-15(7-5-14)22-17(26)19-8-10-27-18-20-12-21-23-18/h4-7,12-13H,2-3,8-11H2,1H3,(H2,19,22,26)(H,20,21,23)/t13-/m1/s1. The van der Waals surface area contributed by atoms with Crippen LogP contribution in [0.1, 0.15) is 30.1 Å². The topological polar surface area (TPSA) is 103 Å². The van der Waals surface area contributed by atoms with Crippen molar-refractivity contribution in [3.8, 4) is 0 Å². The predicted octanol–water partition coefficient (Wildman–Crippen LogP) is 2.59. The molecule has 2 heterocycles. The van der Waals surface area contributed by atoms with Crippen molar-refractivity contribution in [2.24, 2.45) is 5.92 Å². The van der Waals surface area contributed by atoms with E-state index < -0.39 is 0 Å². The van der Waals surface area contributed by atoms with Crippen LogP contribution in [0.2, 0.25) is 0 Å². The number of likely N-dealkylation sites (tertiary alicyclic amines) is 1. The Hall–Kier alpha value is -2.55. The monoisotopic (exact) mass is 388 g/mol. The highest BCUT2D eigenvalue weighted by atomic mass is 32.2. The minimum Gasteiger partial charge on any atom is -0.338 e. The summed E-state index contributed by atoms with van der Waals surface area (Å²) in [4.78, 5) is 30.4. The Bertz CT molecular complexity index is 750. The number of nitrogens with one attached hydrogen (secondary N) is 3. The lowest BCUT2D eigenvalue weighted by Gasteiger charge is -2.31. The summed E-state index contributed by atoms with van der Waals surface area (Å²) in [5.41, 5.74) is 1.30. The Morgan fingerprint density at radius 2 is 2.15 bits per heavy atom. The van der Waals surface area contributed by atoms with Crippen molar-refractivity contribution in [3.05, 3.63) is 36.2 Å². The average Bonchev–Trinajstić information content (AvgIpc) is 3.19. The van der Waals surface area contributed by atoms with Gasteiger partial charge in [0.2, 0.25) is 0 Å². The zero-order valence-corrected chi connectivity index (χ0v) is 16.1. The molecule has 3 N–H and O–H groups in total. The fourth-order valence-corrected chi connectivity index (χ4v) is 3.64. The molecular weight excluding hydrogens is 364 g/mol. The van der Waals surface area contributed by atoms with Crippen molar-refractivity contribution >= 4 is 29.4 Å². The smallest absolute Gasteiger partial charge is 0.319 e. The van der Waals surface area contributed by atoms with Crippen molar-refractivity contribution in [1.82, 2.24) is 25.4 Å². The normalized spacial score (nSPS) is 16.8. The minimum absolute atomic E-state index is 0.0574. The summed E-state index contributed by atoms with van der Waals surface area (Å²) in [6, 6.07) is 6.75. The molecule has 144 valence electrons. The summed E-state index contributed by atoms with van der Waals surface area (Å²) < 4.78 is 0. The quantitative estimate of drug-likeness (QED) is 0.521. The molecule has 1 aliphatic heterocycles. The number of aromatic amines is 1. The van der Waals surface area contributed by atoms with Crippen LogP contribution in [-0.4, -0.2) is 57.4 Å². The van der Waals surface area contributed by atoms with Gasteiger partial charge in [0.05, 0.1) is 0 Å². The van der Waals surface area contributed by atoms with Gasteiger partial charge in [0, 0.05) is 36.6 Å². The number of hydrogen-bond donors (Lipinski definition) is 3. The highest BCUT2D eigenvalue weighted by molar-refractivity contribution is 7.99. The first-order valence-corrected chi connectivity index (χ1v) is 10.0. The van der Waals surface area contributed by atoms with Gasteiger partial charge in [0.15, 0.2) is 5.16 Å². The molecule has 1 saturated heterocycles. The summed E-state index contributed by atoms with van der Waals surface area (Å²) in [5.74, 6) is 1.29. The van der Waals surface area contributed by atoms with E-state index in [4.69, 9.17) is 0 Å². The van der Waals surface area contributed by atoms with Crippen molar-refractivity contribution in [1.29, 1.82) is 0 Å². The van der Waals surface area contributed by atoms with Gasteiger partial charge in [-0.2, -0.15) is 5.10 Å². The van der Waals surface area contributed by atoms with E-state index in [2.05, 4.69) is 32.7 Å². The Balaban J connectivity index is 1.42. The molecule has 8 nitrogen and oxygen atoms in total. The van der Waals surface area contributed by atoms with Gasteiger partial charge in [0.25, 0.3) is 5.91 Å². The van der Waals surface area contributed by atoms with Crippen LogP contribution in [0, 0.1) is 5.92 Å². The number of H-pyrrole nitrogens is 1. The Kier molecular flexibility index (Phi) is 6.69. The van der Waals surface area contributed by atoms with Crippen molar-refractivity contribution in [3.63, 3.8) is 0 Å². The van der Waals surface area contributed by atoms with E-state index in [0.717, 1.165) is 24.7 Å². The highest BCUT2D eigenvalue weighted by Gasteiger charge is 2.21. The van der Waals surface area contributed by atoms with Crippen LogP contribution in [-0.2, 0) is 0 Å². The van der Waals surface area contributed by atoms with Crippen LogP contribution >= 0.6 is 11.8 Å². The molecule has 2 aromatic rings. The van der Waals surface area contributed by atoms with E-state index in [-0.39, 0.29) is 11.9 Å². The SMILES string of the molecule is C[C@@H]1CCCN(C(=O)c2ccc(NC(=O)NCCSc3ncn[nH]3)cc2)C1. The largest absolute Gasteiger partial charge is 0.338 e. The van der Waals surface area contributed by atoms with Gasteiger partial charge in [-0.15, -0.1) is 0 Å². The summed E-state index contributed by atoms with van der Waals surface area (Å²) in [6.07, 6.45) is 3.68. The van der Waals surface area contributed by atoms with Gasteiger partial charge < -0.3 is 15.5 Å². The van der Waals surface area contributed by atoms with Crippen LogP contribution in [0.3, 0.4) is 0 Å². The number of thioether (sulfide) groups is 1. The van der Waals surface area contributed by atoms with Crippen LogP contribution < -0.4 is 10.6 Å². The third kappa shape index (κ3) is 5.72. The number of hydrogen-bond acceptors (Lipinski definition) is 5. The van der Waals surface area contributed by atoms with E-state index in [1.807, 2.05) is 4.90 Å². The summed E-state index contributed by atoms with van der Waals surface area (Å²) in [7, 11) is 0. The maximum absolute atomic E-state index is 12.6. The van der Waals surface area contributed by atoms with Crippen molar-refractivity contribution in [2.75, 3.05) is 30.7 Å². The number of carbonyl (C=O) groups is 2. The molecule has 0 spiro atoms. The molecule has 3 rings (SSSR count). The van der Waals surface area contributed by atoms with E-state index >= 15 is 0 Å². The molecule has 1 fully saturated rings. The number of carbonyl (C=O) groups excluding carboxylic acids is 2. The number of aromatic nitrogens is 3. The molecule has 0 aliphatic carbocycles. The third-order valence-electron chi connectivity index (χ3n) is 4.35. The molecule has 9 heteroatoms. The number of anilines is 1. The molecule has 0 radical (unpaired) electrons. The lowest BCUT2D eigenvalue weighted by atomic mass is 9.99. The molecule has 0 unspecified atom stereocenters. The number of urea groups is 1.